The van der Waals surface area contributed by atoms with Gasteiger partial charge in [0.05, 0.1) is 5.92 Å². The number of hydrogen-bond donors (Lipinski definition) is 3. The average molecular weight is 236 g/mol. The number of carbonyl (C=O) groups is 1. The Balaban J connectivity index is 2.62. The van der Waals surface area contributed by atoms with E-state index in [1.807, 2.05) is 0 Å². The van der Waals surface area contributed by atoms with Crippen molar-refractivity contribution < 1.29 is 19.4 Å². The fourth-order valence-electron chi connectivity index (χ4n) is 1.75. The van der Waals surface area contributed by atoms with E-state index in [2.05, 4.69) is 4.98 Å². The van der Waals surface area contributed by atoms with Crippen molar-refractivity contribution in [1.29, 1.82) is 0 Å². The van der Waals surface area contributed by atoms with Crippen molar-refractivity contribution in [2.24, 2.45) is 5.73 Å². The number of nitrogens with two attached hydrogens (primary N) is 1. The van der Waals surface area contributed by atoms with E-state index in [0.29, 0.717) is 11.4 Å². The summed E-state index contributed by atoms with van der Waals surface area (Å²) >= 11 is 0. The van der Waals surface area contributed by atoms with Gasteiger partial charge >= 0.3 is 5.97 Å². The normalized spacial score (nSPS) is 12.8. The Morgan fingerprint density at radius 1 is 1.59 bits per heavy atom. The highest BCUT2D eigenvalue weighted by Gasteiger charge is 2.24. The average Bonchev–Trinajstić information content (AvgIpc) is 2.64. The molecule has 1 aromatic carbocycles. The molecule has 1 aromatic heterocycles. The van der Waals surface area contributed by atoms with Crippen LogP contribution in [0.3, 0.4) is 0 Å². The van der Waals surface area contributed by atoms with Gasteiger partial charge in [0.15, 0.2) is 17.2 Å². The van der Waals surface area contributed by atoms with E-state index in [1.54, 1.807) is 13.0 Å². The summed E-state index contributed by atoms with van der Waals surface area (Å²) in [5, 5.41) is 19.0. The van der Waals surface area contributed by atoms with Crippen LogP contribution < -0.4 is 5.73 Å². The molecular weight excluding hydrogens is 224 g/mol. The lowest BCUT2D eigenvalue weighted by Gasteiger charge is -2.11. The molecule has 2 rings (SSSR count). The Labute approximate surface area is 96.7 Å². The fourth-order valence-corrected chi connectivity index (χ4v) is 1.75. The van der Waals surface area contributed by atoms with Gasteiger partial charge in [-0.15, -0.1) is 0 Å². The summed E-state index contributed by atoms with van der Waals surface area (Å²) in [6, 6.07) is 3.11. The number of aliphatic carboxylic acids is 1. The second kappa shape index (κ2) is 4.06. The van der Waals surface area contributed by atoms with Crippen LogP contribution in [-0.4, -0.2) is 27.7 Å². The van der Waals surface area contributed by atoms with Gasteiger partial charge in [0.2, 0.25) is 0 Å². The molecule has 0 bridgehead atoms. The van der Waals surface area contributed by atoms with Crippen molar-refractivity contribution in [3.63, 3.8) is 0 Å². The first-order valence-electron chi connectivity index (χ1n) is 5.06. The molecule has 1 atom stereocenters. The minimum atomic E-state index is -1.08. The highest BCUT2D eigenvalue weighted by molar-refractivity contribution is 5.85. The number of phenols is 1. The third-order valence-electron chi connectivity index (χ3n) is 2.58. The molecular formula is C11H12N2O4. The molecule has 90 valence electrons. The molecule has 0 aliphatic heterocycles. The molecule has 17 heavy (non-hydrogen) atoms. The fraction of sp³-hybridized carbons (Fsp3) is 0.273. The van der Waals surface area contributed by atoms with Gasteiger partial charge in [0, 0.05) is 19.0 Å². The first-order valence-corrected chi connectivity index (χ1v) is 5.06. The summed E-state index contributed by atoms with van der Waals surface area (Å²) < 4.78 is 5.22. The van der Waals surface area contributed by atoms with Gasteiger partial charge in [0.1, 0.15) is 5.52 Å². The van der Waals surface area contributed by atoms with E-state index in [4.69, 9.17) is 15.3 Å². The molecule has 0 fully saturated rings. The number of benzene rings is 1. The predicted molar refractivity (Wildman–Crippen MR) is 59.8 cm³/mol. The van der Waals surface area contributed by atoms with Gasteiger partial charge in [-0.3, -0.25) is 4.79 Å². The van der Waals surface area contributed by atoms with Gasteiger partial charge in [-0.2, -0.15) is 0 Å². The highest BCUT2D eigenvalue weighted by Crippen LogP contribution is 2.33. The Morgan fingerprint density at radius 2 is 2.29 bits per heavy atom. The second-order valence-electron chi connectivity index (χ2n) is 3.71. The number of nitrogens with zero attached hydrogens (tertiary/aromatic N) is 1. The van der Waals surface area contributed by atoms with Crippen molar-refractivity contribution in [2.75, 3.05) is 6.54 Å². The van der Waals surface area contributed by atoms with Crippen LogP contribution in [0.1, 0.15) is 17.4 Å². The minimum absolute atomic E-state index is 0.0957. The summed E-state index contributed by atoms with van der Waals surface area (Å²) in [5.41, 5.74) is 6.31. The summed E-state index contributed by atoms with van der Waals surface area (Å²) in [6.07, 6.45) is 0. The van der Waals surface area contributed by atoms with Crippen molar-refractivity contribution >= 4 is 17.1 Å². The van der Waals surface area contributed by atoms with E-state index in [-0.39, 0.29) is 23.4 Å². The second-order valence-corrected chi connectivity index (χ2v) is 3.71. The maximum atomic E-state index is 11.0. The monoisotopic (exact) mass is 236 g/mol. The lowest BCUT2D eigenvalue weighted by molar-refractivity contribution is -0.138. The number of carboxylic acids is 1. The number of carboxylic acid groups (broad SMARTS) is 1. The highest BCUT2D eigenvalue weighted by atomic mass is 16.4. The number of aromatic hydroxyl groups is 1. The molecule has 0 amide bonds. The van der Waals surface area contributed by atoms with Gasteiger partial charge in [0.25, 0.3) is 0 Å². The number of phenolic OH excluding ortho intramolecular Hbond substituents is 1. The van der Waals surface area contributed by atoms with Crippen LogP contribution in [0, 0.1) is 6.92 Å². The van der Waals surface area contributed by atoms with E-state index >= 15 is 0 Å². The standard InChI is InChI=1S/C11H12N2O4/c1-5-13-8-3-2-6(7(4-12)11(15)16)9(14)10(8)17-5/h2-3,7,14H,4,12H2,1H3,(H,15,16). The Kier molecular flexibility index (Phi) is 2.72. The van der Waals surface area contributed by atoms with Crippen LogP contribution in [0.25, 0.3) is 11.1 Å². The molecule has 0 aliphatic carbocycles. The van der Waals surface area contributed by atoms with Gasteiger partial charge in [-0.1, -0.05) is 6.07 Å². The van der Waals surface area contributed by atoms with Gasteiger partial charge in [-0.05, 0) is 6.07 Å². The zero-order valence-corrected chi connectivity index (χ0v) is 9.17. The first-order chi connectivity index (χ1) is 8.04. The lowest BCUT2D eigenvalue weighted by Crippen LogP contribution is -2.21. The number of rotatable bonds is 3. The topological polar surface area (TPSA) is 110 Å². The molecule has 0 spiro atoms. The number of aromatic nitrogens is 1. The van der Waals surface area contributed by atoms with Crippen molar-refractivity contribution in [3.8, 4) is 5.75 Å². The lowest BCUT2D eigenvalue weighted by atomic mass is 9.98. The maximum Gasteiger partial charge on any atom is 0.312 e. The largest absolute Gasteiger partial charge is 0.504 e. The Morgan fingerprint density at radius 3 is 2.88 bits per heavy atom. The maximum absolute atomic E-state index is 11.0. The molecule has 4 N–H and O–H groups in total. The summed E-state index contributed by atoms with van der Waals surface area (Å²) in [7, 11) is 0. The van der Waals surface area contributed by atoms with Crippen LogP contribution in [0.4, 0.5) is 0 Å². The summed E-state index contributed by atoms with van der Waals surface area (Å²) in [5.74, 6) is -1.84. The molecule has 0 aliphatic rings. The van der Waals surface area contributed by atoms with Gasteiger partial charge < -0.3 is 20.4 Å². The molecule has 1 heterocycles. The summed E-state index contributed by atoms with van der Waals surface area (Å²) in [4.78, 5) is 15.0. The number of oxazole rings is 1. The van der Waals surface area contributed by atoms with Crippen LogP contribution in [0.2, 0.25) is 0 Å². The van der Waals surface area contributed by atoms with E-state index in [0.717, 1.165) is 0 Å². The van der Waals surface area contributed by atoms with Crippen LogP contribution in [-0.2, 0) is 4.79 Å². The molecule has 1 unspecified atom stereocenters. The molecule has 2 aromatic rings. The van der Waals surface area contributed by atoms with Crippen molar-refractivity contribution in [3.05, 3.63) is 23.6 Å². The number of fused-ring (bicyclic) bond motifs is 1. The summed E-state index contributed by atoms with van der Waals surface area (Å²) in [6.45, 7) is 1.55. The van der Waals surface area contributed by atoms with Crippen molar-refractivity contribution in [2.45, 2.75) is 12.8 Å². The molecule has 0 radical (unpaired) electrons. The smallest absolute Gasteiger partial charge is 0.312 e. The first kappa shape index (κ1) is 11.4. The SMILES string of the molecule is Cc1nc2ccc(C(CN)C(=O)O)c(O)c2o1. The van der Waals surface area contributed by atoms with Crippen molar-refractivity contribution in [1.82, 2.24) is 4.98 Å². The number of hydrogen-bond acceptors (Lipinski definition) is 5. The molecule has 6 heteroatoms. The Bertz CT molecular complexity index is 576. The molecule has 0 saturated heterocycles. The third kappa shape index (κ3) is 1.83. The van der Waals surface area contributed by atoms with E-state index in [9.17, 15) is 9.90 Å². The van der Waals surface area contributed by atoms with Gasteiger partial charge in [-0.25, -0.2) is 4.98 Å². The molecule has 0 saturated carbocycles. The third-order valence-corrected chi connectivity index (χ3v) is 2.58. The van der Waals surface area contributed by atoms with Crippen LogP contribution in [0.15, 0.2) is 16.5 Å². The predicted octanol–water partition coefficient (Wildman–Crippen LogP) is 0.969. The van der Waals surface area contributed by atoms with E-state index < -0.39 is 11.9 Å². The zero-order valence-electron chi connectivity index (χ0n) is 9.17. The van der Waals surface area contributed by atoms with Crippen LogP contribution >= 0.6 is 0 Å². The zero-order chi connectivity index (χ0) is 12.6. The minimum Gasteiger partial charge on any atom is -0.504 e. The van der Waals surface area contributed by atoms with Crippen LogP contribution in [0.5, 0.6) is 5.75 Å². The molecule has 6 nitrogen and oxygen atoms in total. The van der Waals surface area contributed by atoms with E-state index in [1.165, 1.54) is 6.07 Å². The quantitative estimate of drug-likeness (QED) is 0.732. The number of aryl methyl sites for hydroxylation is 1. The Hall–Kier alpha value is -2.08.